The Hall–Kier alpha value is -1.70. The first-order valence-corrected chi connectivity index (χ1v) is 8.76. The molecule has 2 N–H and O–H groups in total. The molecule has 0 unspecified atom stereocenters. The molecule has 2 rings (SSSR count). The Balaban J connectivity index is 2.24. The smallest absolute Gasteiger partial charge is 0.481 e. The van der Waals surface area contributed by atoms with Crippen LogP contribution in [0.3, 0.4) is 0 Å². The molecule has 0 atom stereocenters. The van der Waals surface area contributed by atoms with Crippen LogP contribution in [0.15, 0.2) is 23.7 Å². The zero-order valence-corrected chi connectivity index (χ0v) is 16.1. The second-order valence-electron chi connectivity index (χ2n) is 7.58. The molecule has 7 heteroatoms. The van der Waals surface area contributed by atoms with Crippen LogP contribution in [0.2, 0.25) is 0 Å². The molecule has 26 heavy (non-hydrogen) atoms. The van der Waals surface area contributed by atoms with Gasteiger partial charge in [-0.25, -0.2) is 4.39 Å². The lowest BCUT2D eigenvalue weighted by Crippen LogP contribution is -2.41. The zero-order valence-electron chi connectivity index (χ0n) is 16.1. The summed E-state index contributed by atoms with van der Waals surface area (Å²) in [5.74, 6) is -1.34. The number of benzene rings is 1. The standard InChI is InChI=1S/C19H27BFNO4/c1-18(2)19(3,4)26-20(25-18)15(12-22-5)10-13-6-7-14(16(21)11-13)8-9-17(23)24/h6-7,10-11,22H,8-9,12H2,1-5H3,(H,23,24). The second-order valence-corrected chi connectivity index (χ2v) is 7.58. The van der Waals surface area contributed by atoms with Crippen LogP contribution in [0.25, 0.3) is 6.08 Å². The van der Waals surface area contributed by atoms with Gasteiger partial charge in [-0.05, 0) is 63.8 Å². The number of halogens is 1. The van der Waals surface area contributed by atoms with Crippen LogP contribution in [0.4, 0.5) is 4.39 Å². The van der Waals surface area contributed by atoms with Crippen molar-refractivity contribution in [2.24, 2.45) is 0 Å². The second kappa shape index (κ2) is 7.90. The summed E-state index contributed by atoms with van der Waals surface area (Å²) in [5.41, 5.74) is 1.05. The molecule has 1 aromatic rings. The lowest BCUT2D eigenvalue weighted by molar-refractivity contribution is -0.136. The van der Waals surface area contributed by atoms with Gasteiger partial charge >= 0.3 is 13.1 Å². The summed E-state index contributed by atoms with van der Waals surface area (Å²) >= 11 is 0. The maximum atomic E-state index is 14.3. The third kappa shape index (κ3) is 4.72. The third-order valence-corrected chi connectivity index (χ3v) is 4.97. The van der Waals surface area contributed by atoms with E-state index in [1.165, 1.54) is 6.07 Å². The molecule has 1 aliphatic rings. The van der Waals surface area contributed by atoms with Gasteiger partial charge in [0.1, 0.15) is 5.82 Å². The van der Waals surface area contributed by atoms with Crippen molar-refractivity contribution in [1.82, 2.24) is 5.32 Å². The van der Waals surface area contributed by atoms with Crippen molar-refractivity contribution < 1.29 is 23.6 Å². The number of aliphatic carboxylic acids is 1. The van der Waals surface area contributed by atoms with Gasteiger partial charge in [-0.2, -0.15) is 0 Å². The zero-order chi connectivity index (χ0) is 19.5. The number of aryl methyl sites for hydroxylation is 1. The molecular formula is C19H27BFNO4. The first-order valence-electron chi connectivity index (χ1n) is 8.76. The average molecular weight is 363 g/mol. The van der Waals surface area contributed by atoms with E-state index >= 15 is 0 Å². The molecule has 1 saturated heterocycles. The van der Waals surface area contributed by atoms with E-state index in [0.29, 0.717) is 17.7 Å². The molecule has 0 spiro atoms. The predicted molar refractivity (Wildman–Crippen MR) is 100 cm³/mol. The lowest BCUT2D eigenvalue weighted by Gasteiger charge is -2.32. The highest BCUT2D eigenvalue weighted by molar-refractivity contribution is 6.55. The fraction of sp³-hybridized carbons (Fsp3) is 0.526. The summed E-state index contributed by atoms with van der Waals surface area (Å²) in [6.07, 6.45) is 1.93. The molecule has 1 heterocycles. The molecule has 1 fully saturated rings. The highest BCUT2D eigenvalue weighted by atomic mass is 19.1. The van der Waals surface area contributed by atoms with Crippen molar-refractivity contribution in [3.63, 3.8) is 0 Å². The minimum absolute atomic E-state index is 0.0922. The van der Waals surface area contributed by atoms with E-state index in [0.717, 1.165) is 5.47 Å². The Morgan fingerprint density at radius 3 is 2.38 bits per heavy atom. The molecule has 1 aliphatic heterocycles. The highest BCUT2D eigenvalue weighted by Crippen LogP contribution is 2.38. The number of hydrogen-bond acceptors (Lipinski definition) is 4. The molecule has 0 amide bonds. The molecular weight excluding hydrogens is 336 g/mol. The van der Waals surface area contributed by atoms with Gasteiger partial charge in [0.05, 0.1) is 11.2 Å². The molecule has 1 aromatic carbocycles. The van der Waals surface area contributed by atoms with Crippen molar-refractivity contribution in [2.45, 2.75) is 51.7 Å². The van der Waals surface area contributed by atoms with Gasteiger partial charge in [0.25, 0.3) is 0 Å². The van der Waals surface area contributed by atoms with E-state index in [1.807, 2.05) is 40.8 Å². The highest BCUT2D eigenvalue weighted by Gasteiger charge is 2.52. The fourth-order valence-electron chi connectivity index (χ4n) is 2.71. The summed E-state index contributed by atoms with van der Waals surface area (Å²) < 4.78 is 26.4. The average Bonchev–Trinajstić information content (AvgIpc) is 2.74. The number of carboxylic acid groups (broad SMARTS) is 1. The van der Waals surface area contributed by atoms with Crippen LogP contribution in [0.5, 0.6) is 0 Å². The first-order chi connectivity index (χ1) is 12.1. The minimum Gasteiger partial charge on any atom is -0.481 e. The Labute approximate surface area is 154 Å². The fourth-order valence-corrected chi connectivity index (χ4v) is 2.71. The van der Waals surface area contributed by atoms with E-state index in [2.05, 4.69) is 5.32 Å². The number of likely N-dealkylation sites (N-methyl/N-ethyl adjacent to an activating group) is 1. The van der Waals surface area contributed by atoms with Crippen molar-refractivity contribution >= 4 is 19.2 Å². The third-order valence-electron chi connectivity index (χ3n) is 4.97. The summed E-state index contributed by atoms with van der Waals surface area (Å²) in [5, 5.41) is 11.8. The van der Waals surface area contributed by atoms with Crippen molar-refractivity contribution in [3.8, 4) is 0 Å². The van der Waals surface area contributed by atoms with Crippen LogP contribution >= 0.6 is 0 Å². The molecule has 5 nitrogen and oxygen atoms in total. The van der Waals surface area contributed by atoms with Crippen molar-refractivity contribution in [3.05, 3.63) is 40.6 Å². The van der Waals surface area contributed by atoms with Gasteiger partial charge in [-0.15, -0.1) is 0 Å². The Morgan fingerprint density at radius 2 is 1.88 bits per heavy atom. The lowest BCUT2D eigenvalue weighted by atomic mass is 9.77. The predicted octanol–water partition coefficient (Wildman–Crippen LogP) is 3.08. The molecule has 0 radical (unpaired) electrons. The SMILES string of the molecule is CNCC(=Cc1ccc(CCC(=O)O)c(F)c1)B1OC(C)(C)C(C)(C)O1. The van der Waals surface area contributed by atoms with Gasteiger partial charge in [0, 0.05) is 13.0 Å². The van der Waals surface area contributed by atoms with Crippen molar-refractivity contribution in [1.29, 1.82) is 0 Å². The topological polar surface area (TPSA) is 67.8 Å². The van der Waals surface area contributed by atoms with Gasteiger partial charge in [-0.1, -0.05) is 18.2 Å². The van der Waals surface area contributed by atoms with E-state index in [1.54, 1.807) is 12.1 Å². The summed E-state index contributed by atoms with van der Waals surface area (Å²) in [6.45, 7) is 8.49. The largest absolute Gasteiger partial charge is 0.491 e. The monoisotopic (exact) mass is 363 g/mol. The Kier molecular flexibility index (Phi) is 6.27. The van der Waals surface area contributed by atoms with Crippen LogP contribution in [-0.4, -0.2) is 43.0 Å². The maximum absolute atomic E-state index is 14.3. The van der Waals surface area contributed by atoms with E-state index < -0.39 is 30.1 Å². The van der Waals surface area contributed by atoms with E-state index in [9.17, 15) is 9.18 Å². The molecule has 0 aliphatic carbocycles. The molecule has 142 valence electrons. The normalized spacial score (nSPS) is 19.0. The van der Waals surface area contributed by atoms with Gasteiger partial charge < -0.3 is 19.7 Å². The number of carbonyl (C=O) groups is 1. The van der Waals surface area contributed by atoms with Crippen LogP contribution in [-0.2, 0) is 20.5 Å². The van der Waals surface area contributed by atoms with E-state index in [-0.39, 0.29) is 12.8 Å². The maximum Gasteiger partial charge on any atom is 0.491 e. The van der Waals surface area contributed by atoms with Gasteiger partial charge in [0.15, 0.2) is 0 Å². The minimum atomic E-state index is -0.939. The van der Waals surface area contributed by atoms with Crippen LogP contribution in [0, 0.1) is 5.82 Å². The van der Waals surface area contributed by atoms with Crippen LogP contribution < -0.4 is 5.32 Å². The van der Waals surface area contributed by atoms with Crippen LogP contribution in [0.1, 0.15) is 45.2 Å². The molecule has 0 bridgehead atoms. The summed E-state index contributed by atoms with van der Waals surface area (Å²) in [6, 6.07) is 4.82. The molecule has 0 saturated carbocycles. The number of rotatable bonds is 7. The summed E-state index contributed by atoms with van der Waals surface area (Å²) in [7, 11) is 1.32. The molecule has 0 aromatic heterocycles. The summed E-state index contributed by atoms with van der Waals surface area (Å²) in [4.78, 5) is 10.7. The number of carboxylic acids is 1. The quantitative estimate of drug-likeness (QED) is 0.729. The number of nitrogens with one attached hydrogen (secondary N) is 1. The van der Waals surface area contributed by atoms with Gasteiger partial charge in [0.2, 0.25) is 0 Å². The van der Waals surface area contributed by atoms with Gasteiger partial charge in [-0.3, -0.25) is 4.79 Å². The number of hydrogen-bond donors (Lipinski definition) is 2. The Morgan fingerprint density at radius 1 is 1.27 bits per heavy atom. The first kappa shape index (κ1) is 20.6. The van der Waals surface area contributed by atoms with Crippen molar-refractivity contribution in [2.75, 3.05) is 13.6 Å². The Bertz CT molecular complexity index is 687. The van der Waals surface area contributed by atoms with E-state index in [4.69, 9.17) is 14.4 Å².